The van der Waals surface area contributed by atoms with E-state index < -0.39 is 0 Å². The van der Waals surface area contributed by atoms with Crippen molar-refractivity contribution in [2.24, 2.45) is 4.99 Å². The van der Waals surface area contributed by atoms with Crippen molar-refractivity contribution in [3.05, 3.63) is 23.8 Å². The molecule has 0 spiro atoms. The van der Waals surface area contributed by atoms with E-state index in [-0.39, 0.29) is 6.29 Å². The Kier molecular flexibility index (Phi) is 6.18. The Hall–Kier alpha value is -1.59. The van der Waals surface area contributed by atoms with E-state index >= 15 is 0 Å². The highest BCUT2D eigenvalue weighted by Gasteiger charge is 2.07. The van der Waals surface area contributed by atoms with E-state index in [1.807, 2.05) is 18.2 Å². The first-order valence-corrected chi connectivity index (χ1v) is 5.53. The number of hydrogen-bond acceptors (Lipinski definition) is 5. The summed E-state index contributed by atoms with van der Waals surface area (Å²) in [6.07, 6.45) is 1.38. The zero-order valence-electron chi connectivity index (χ0n) is 11.2. The van der Waals surface area contributed by atoms with E-state index in [0.717, 1.165) is 5.56 Å². The topological polar surface area (TPSA) is 49.3 Å². The van der Waals surface area contributed by atoms with Gasteiger partial charge in [0.15, 0.2) is 17.8 Å². The van der Waals surface area contributed by atoms with Gasteiger partial charge in [0.05, 0.1) is 20.8 Å². The van der Waals surface area contributed by atoms with Crippen molar-refractivity contribution in [2.75, 3.05) is 35.0 Å². The van der Waals surface area contributed by atoms with Gasteiger partial charge in [0, 0.05) is 26.0 Å². The van der Waals surface area contributed by atoms with Crippen LogP contribution in [0.5, 0.6) is 11.5 Å². The number of aliphatic imine (C=N–C) groups is 1. The first-order valence-electron chi connectivity index (χ1n) is 5.53. The second-order valence-corrected chi connectivity index (χ2v) is 3.48. The number of ether oxygens (including phenoxy) is 4. The van der Waals surface area contributed by atoms with Crippen LogP contribution in [0.2, 0.25) is 0 Å². The summed E-state index contributed by atoms with van der Waals surface area (Å²) in [5.41, 5.74) is 0.850. The lowest BCUT2D eigenvalue weighted by molar-refractivity contribution is -0.0936. The van der Waals surface area contributed by atoms with E-state index in [4.69, 9.17) is 18.9 Å². The monoisotopic (exact) mass is 253 g/mol. The second-order valence-electron chi connectivity index (χ2n) is 3.48. The molecule has 18 heavy (non-hydrogen) atoms. The van der Waals surface area contributed by atoms with Crippen LogP contribution in [0.1, 0.15) is 5.56 Å². The smallest absolute Gasteiger partial charge is 0.176 e. The van der Waals surface area contributed by atoms with Gasteiger partial charge in [-0.3, -0.25) is 4.99 Å². The van der Waals surface area contributed by atoms with Gasteiger partial charge in [-0.1, -0.05) is 6.07 Å². The molecule has 1 aromatic carbocycles. The first-order chi connectivity index (χ1) is 8.76. The summed E-state index contributed by atoms with van der Waals surface area (Å²) in [5.74, 6) is 1.34. The normalized spacial score (nSPS) is 11.2. The number of benzene rings is 1. The minimum absolute atomic E-state index is 0.335. The standard InChI is InChI=1S/C13H19NO4/c1-15-11-7-5-6-10(13(11)18-4)8-14-9-12(16-2)17-3/h5-8,12H,9H2,1-4H3. The van der Waals surface area contributed by atoms with Crippen LogP contribution in [-0.2, 0) is 9.47 Å². The molecule has 0 aromatic heterocycles. The quantitative estimate of drug-likeness (QED) is 0.548. The molecule has 100 valence electrons. The highest BCUT2D eigenvalue weighted by atomic mass is 16.7. The highest BCUT2D eigenvalue weighted by Crippen LogP contribution is 2.29. The molecule has 0 radical (unpaired) electrons. The molecule has 1 aromatic rings. The van der Waals surface area contributed by atoms with Gasteiger partial charge < -0.3 is 18.9 Å². The molecule has 0 aliphatic carbocycles. The maximum Gasteiger partial charge on any atom is 0.176 e. The molecule has 5 nitrogen and oxygen atoms in total. The third-order valence-electron chi connectivity index (χ3n) is 2.44. The summed E-state index contributed by atoms with van der Waals surface area (Å²) in [7, 11) is 6.36. The third kappa shape index (κ3) is 3.72. The number of rotatable bonds is 7. The van der Waals surface area contributed by atoms with Gasteiger partial charge in [-0.05, 0) is 12.1 Å². The molecule has 0 fully saturated rings. The molecule has 0 unspecified atom stereocenters. The van der Waals surface area contributed by atoms with Crippen LogP contribution in [0.4, 0.5) is 0 Å². The second kappa shape index (κ2) is 7.68. The minimum Gasteiger partial charge on any atom is -0.493 e. The number of methoxy groups -OCH3 is 4. The average molecular weight is 253 g/mol. The molecular weight excluding hydrogens is 234 g/mol. The van der Waals surface area contributed by atoms with Gasteiger partial charge in [-0.15, -0.1) is 0 Å². The van der Waals surface area contributed by atoms with Crippen molar-refractivity contribution in [1.82, 2.24) is 0 Å². The van der Waals surface area contributed by atoms with Crippen molar-refractivity contribution in [3.63, 3.8) is 0 Å². The lowest BCUT2D eigenvalue weighted by Crippen LogP contribution is -2.16. The van der Waals surface area contributed by atoms with Gasteiger partial charge in [-0.25, -0.2) is 0 Å². The van der Waals surface area contributed by atoms with Gasteiger partial charge >= 0.3 is 0 Å². The van der Waals surface area contributed by atoms with Crippen molar-refractivity contribution < 1.29 is 18.9 Å². The minimum atomic E-state index is -0.335. The predicted octanol–water partition coefficient (Wildman–Crippen LogP) is 1.74. The molecule has 0 heterocycles. The molecular formula is C13H19NO4. The SMILES string of the molecule is COc1cccc(C=NCC(OC)OC)c1OC. The summed E-state index contributed by atoms with van der Waals surface area (Å²) in [5, 5.41) is 0. The summed E-state index contributed by atoms with van der Waals surface area (Å²) in [6, 6.07) is 5.62. The third-order valence-corrected chi connectivity index (χ3v) is 2.44. The molecule has 0 atom stereocenters. The van der Waals surface area contributed by atoms with Crippen LogP contribution in [0.3, 0.4) is 0 Å². The van der Waals surface area contributed by atoms with Crippen molar-refractivity contribution >= 4 is 6.21 Å². The van der Waals surface area contributed by atoms with Gasteiger partial charge in [0.25, 0.3) is 0 Å². The van der Waals surface area contributed by atoms with Crippen LogP contribution >= 0.6 is 0 Å². The molecule has 0 saturated carbocycles. The fourth-order valence-electron chi connectivity index (χ4n) is 1.50. The van der Waals surface area contributed by atoms with Crippen molar-refractivity contribution in [1.29, 1.82) is 0 Å². The lowest BCUT2D eigenvalue weighted by atomic mass is 10.2. The predicted molar refractivity (Wildman–Crippen MR) is 69.8 cm³/mol. The molecule has 1 rings (SSSR count). The Morgan fingerprint density at radius 1 is 1.11 bits per heavy atom. The Morgan fingerprint density at radius 3 is 2.39 bits per heavy atom. The van der Waals surface area contributed by atoms with Gasteiger partial charge in [0.2, 0.25) is 0 Å². The number of para-hydroxylation sites is 1. The molecule has 0 bridgehead atoms. The lowest BCUT2D eigenvalue weighted by Gasteiger charge is -2.11. The molecule has 0 aliphatic heterocycles. The zero-order valence-corrected chi connectivity index (χ0v) is 11.2. The van der Waals surface area contributed by atoms with Crippen LogP contribution in [0, 0.1) is 0 Å². The first kappa shape index (κ1) is 14.5. The highest BCUT2D eigenvalue weighted by molar-refractivity contribution is 5.85. The Morgan fingerprint density at radius 2 is 1.83 bits per heavy atom. The molecule has 0 aliphatic rings. The summed E-state index contributed by atoms with van der Waals surface area (Å²) in [6.45, 7) is 0.424. The van der Waals surface area contributed by atoms with E-state index in [1.165, 1.54) is 0 Å². The Labute approximate surface area is 107 Å². The van der Waals surface area contributed by atoms with E-state index in [1.54, 1.807) is 34.7 Å². The summed E-state index contributed by atoms with van der Waals surface area (Å²) < 4.78 is 20.6. The number of nitrogens with zero attached hydrogens (tertiary/aromatic N) is 1. The Bertz CT molecular complexity index is 389. The van der Waals surface area contributed by atoms with Gasteiger partial charge in [0.1, 0.15) is 0 Å². The van der Waals surface area contributed by atoms with Crippen molar-refractivity contribution in [2.45, 2.75) is 6.29 Å². The van der Waals surface area contributed by atoms with E-state index in [2.05, 4.69) is 4.99 Å². The molecule has 0 amide bonds. The van der Waals surface area contributed by atoms with Crippen LogP contribution in [0.25, 0.3) is 0 Å². The van der Waals surface area contributed by atoms with Gasteiger partial charge in [-0.2, -0.15) is 0 Å². The van der Waals surface area contributed by atoms with E-state index in [9.17, 15) is 0 Å². The zero-order chi connectivity index (χ0) is 13.4. The van der Waals surface area contributed by atoms with Crippen LogP contribution < -0.4 is 9.47 Å². The van der Waals surface area contributed by atoms with E-state index in [0.29, 0.717) is 18.0 Å². The largest absolute Gasteiger partial charge is 0.493 e. The number of hydrogen-bond donors (Lipinski definition) is 0. The van der Waals surface area contributed by atoms with Crippen LogP contribution in [0.15, 0.2) is 23.2 Å². The summed E-state index contributed by atoms with van der Waals surface area (Å²) in [4.78, 5) is 4.26. The van der Waals surface area contributed by atoms with Crippen LogP contribution in [-0.4, -0.2) is 47.5 Å². The van der Waals surface area contributed by atoms with Crippen molar-refractivity contribution in [3.8, 4) is 11.5 Å². The molecule has 0 N–H and O–H groups in total. The maximum absolute atomic E-state index is 5.30. The summed E-state index contributed by atoms with van der Waals surface area (Å²) >= 11 is 0. The fraction of sp³-hybridized carbons (Fsp3) is 0.462. The molecule has 0 saturated heterocycles. The fourth-order valence-corrected chi connectivity index (χ4v) is 1.50. The Balaban J connectivity index is 2.80. The average Bonchev–Trinajstić information content (AvgIpc) is 2.43. The molecule has 5 heteroatoms. The maximum atomic E-state index is 5.30.